The van der Waals surface area contributed by atoms with Crippen LogP contribution < -0.4 is 0 Å². The first-order valence-electron chi connectivity index (χ1n) is 9.22. The highest BCUT2D eigenvalue weighted by atomic mass is 16.5. The van der Waals surface area contributed by atoms with Crippen LogP contribution in [0.2, 0.25) is 0 Å². The molecule has 0 unspecified atom stereocenters. The molecule has 0 radical (unpaired) electrons. The van der Waals surface area contributed by atoms with Gasteiger partial charge in [-0.25, -0.2) is 9.97 Å². The number of carbonyl (C=O) groups is 1. The van der Waals surface area contributed by atoms with Gasteiger partial charge in [0.2, 0.25) is 5.95 Å². The normalized spacial score (nSPS) is 15.2. The molecule has 1 aliphatic rings. The minimum absolute atomic E-state index is 0.133. The molecule has 0 amide bonds. The summed E-state index contributed by atoms with van der Waals surface area (Å²) in [6.07, 6.45) is 6.45. The summed E-state index contributed by atoms with van der Waals surface area (Å²) in [7, 11) is 1.46. The van der Waals surface area contributed by atoms with E-state index in [1.54, 1.807) is 0 Å². The van der Waals surface area contributed by atoms with E-state index in [1.807, 2.05) is 55.1 Å². The number of carbonyl (C=O) groups excluding carboxylic acids is 1. The molecular formula is C22H23N3O2. The maximum atomic E-state index is 12.2. The number of esters is 1. The highest BCUT2D eigenvalue weighted by molar-refractivity contribution is 5.84. The number of ether oxygens (including phenoxy) is 1. The molecule has 0 bridgehead atoms. The Morgan fingerprint density at radius 2 is 1.56 bits per heavy atom. The molecule has 1 saturated carbocycles. The number of methoxy groups -OCH3 is 1. The summed E-state index contributed by atoms with van der Waals surface area (Å²) in [6, 6.07) is 12.2. The average Bonchev–Trinajstić information content (AvgIpc) is 3.00. The van der Waals surface area contributed by atoms with Crippen LogP contribution in [0.4, 0.5) is 0 Å². The van der Waals surface area contributed by atoms with Gasteiger partial charge in [0.1, 0.15) is 0 Å². The molecular weight excluding hydrogens is 338 g/mol. The van der Waals surface area contributed by atoms with Crippen molar-refractivity contribution in [2.24, 2.45) is 0 Å². The largest absolute Gasteiger partial charge is 0.468 e. The van der Waals surface area contributed by atoms with Gasteiger partial charge < -0.3 is 4.74 Å². The lowest BCUT2D eigenvalue weighted by Gasteiger charge is -2.39. The Balaban J connectivity index is 1.60. The van der Waals surface area contributed by atoms with E-state index < -0.39 is 5.41 Å². The standard InChI is InChI=1S/C22H23N3O2/c1-15-5-6-16(2)25(15)21-23-13-18(14-24-21)17-7-9-19(10-8-17)22(11-4-12-22)20(26)27-3/h5-10,13-14H,4,11-12H2,1-3H3. The fourth-order valence-electron chi connectivity index (χ4n) is 3.89. The first kappa shape index (κ1) is 17.5. The number of nitrogens with zero attached hydrogens (tertiary/aromatic N) is 3. The van der Waals surface area contributed by atoms with E-state index in [9.17, 15) is 4.79 Å². The van der Waals surface area contributed by atoms with Crippen LogP contribution in [0, 0.1) is 13.8 Å². The summed E-state index contributed by atoms with van der Waals surface area (Å²) < 4.78 is 7.06. The zero-order valence-corrected chi connectivity index (χ0v) is 15.9. The molecule has 0 atom stereocenters. The highest BCUT2D eigenvalue weighted by Gasteiger charge is 2.46. The maximum Gasteiger partial charge on any atom is 0.316 e. The van der Waals surface area contributed by atoms with Crippen LogP contribution in [0.25, 0.3) is 17.1 Å². The second-order valence-corrected chi connectivity index (χ2v) is 7.23. The molecule has 27 heavy (non-hydrogen) atoms. The lowest BCUT2D eigenvalue weighted by atomic mass is 9.64. The molecule has 138 valence electrons. The van der Waals surface area contributed by atoms with E-state index in [-0.39, 0.29) is 5.97 Å². The molecule has 2 aromatic heterocycles. The van der Waals surface area contributed by atoms with Gasteiger partial charge in [-0.3, -0.25) is 9.36 Å². The van der Waals surface area contributed by atoms with E-state index >= 15 is 0 Å². The van der Waals surface area contributed by atoms with E-state index in [4.69, 9.17) is 4.74 Å². The molecule has 1 aliphatic carbocycles. The van der Waals surface area contributed by atoms with Crippen LogP contribution in [-0.4, -0.2) is 27.6 Å². The number of aromatic nitrogens is 3. The Morgan fingerprint density at radius 3 is 2.04 bits per heavy atom. The first-order chi connectivity index (χ1) is 13.0. The molecule has 5 nitrogen and oxygen atoms in total. The fraction of sp³-hybridized carbons (Fsp3) is 0.318. The van der Waals surface area contributed by atoms with E-state index in [0.717, 1.165) is 47.3 Å². The smallest absolute Gasteiger partial charge is 0.316 e. The predicted octanol–water partition coefficient (Wildman–Crippen LogP) is 4.15. The topological polar surface area (TPSA) is 57.0 Å². The van der Waals surface area contributed by atoms with Gasteiger partial charge in [-0.05, 0) is 49.9 Å². The fourth-order valence-corrected chi connectivity index (χ4v) is 3.89. The van der Waals surface area contributed by atoms with Gasteiger partial charge in [0.15, 0.2) is 0 Å². The average molecular weight is 361 g/mol. The second-order valence-electron chi connectivity index (χ2n) is 7.23. The van der Waals surface area contributed by atoms with Crippen molar-refractivity contribution >= 4 is 5.97 Å². The summed E-state index contributed by atoms with van der Waals surface area (Å²) in [6.45, 7) is 4.08. The number of aryl methyl sites for hydroxylation is 2. The summed E-state index contributed by atoms with van der Waals surface area (Å²) in [4.78, 5) is 21.3. The molecule has 5 heteroatoms. The Labute approximate surface area is 159 Å². The second kappa shape index (κ2) is 6.65. The SMILES string of the molecule is COC(=O)C1(c2ccc(-c3cnc(-n4c(C)ccc4C)nc3)cc2)CCC1. The van der Waals surface area contributed by atoms with Crippen molar-refractivity contribution in [2.75, 3.05) is 7.11 Å². The van der Waals surface area contributed by atoms with Crippen molar-refractivity contribution in [1.82, 2.24) is 14.5 Å². The number of hydrogen-bond donors (Lipinski definition) is 0. The molecule has 1 aromatic carbocycles. The van der Waals surface area contributed by atoms with Gasteiger partial charge in [-0.15, -0.1) is 0 Å². The summed E-state index contributed by atoms with van der Waals surface area (Å²) in [5.74, 6) is 0.543. The quantitative estimate of drug-likeness (QED) is 0.655. The number of hydrogen-bond acceptors (Lipinski definition) is 4. The van der Waals surface area contributed by atoms with Crippen molar-refractivity contribution in [3.8, 4) is 17.1 Å². The minimum atomic E-state index is -0.461. The third-order valence-electron chi connectivity index (χ3n) is 5.66. The van der Waals surface area contributed by atoms with Crippen LogP contribution in [0.15, 0.2) is 48.8 Å². The van der Waals surface area contributed by atoms with Gasteiger partial charge >= 0.3 is 5.97 Å². The van der Waals surface area contributed by atoms with Crippen molar-refractivity contribution in [1.29, 1.82) is 0 Å². The molecule has 0 N–H and O–H groups in total. The molecule has 3 aromatic rings. The molecule has 4 rings (SSSR count). The lowest BCUT2D eigenvalue weighted by Crippen LogP contribution is -2.43. The van der Waals surface area contributed by atoms with Crippen LogP contribution in [0.5, 0.6) is 0 Å². The van der Waals surface area contributed by atoms with Crippen LogP contribution in [-0.2, 0) is 14.9 Å². The number of benzene rings is 1. The monoisotopic (exact) mass is 361 g/mol. The van der Waals surface area contributed by atoms with Gasteiger partial charge in [0, 0.05) is 29.3 Å². The van der Waals surface area contributed by atoms with E-state index in [2.05, 4.69) is 22.1 Å². The Bertz CT molecular complexity index is 948. The van der Waals surface area contributed by atoms with E-state index in [1.165, 1.54) is 7.11 Å². The number of rotatable bonds is 4. The van der Waals surface area contributed by atoms with Crippen molar-refractivity contribution in [3.05, 3.63) is 65.7 Å². The van der Waals surface area contributed by atoms with Gasteiger partial charge in [-0.1, -0.05) is 30.7 Å². The molecule has 0 saturated heterocycles. The Morgan fingerprint density at radius 1 is 0.963 bits per heavy atom. The van der Waals surface area contributed by atoms with Crippen molar-refractivity contribution in [2.45, 2.75) is 38.5 Å². The maximum absolute atomic E-state index is 12.2. The van der Waals surface area contributed by atoms with Crippen LogP contribution in [0.1, 0.15) is 36.2 Å². The van der Waals surface area contributed by atoms with Gasteiger partial charge in [0.25, 0.3) is 0 Å². The summed E-state index contributed by atoms with van der Waals surface area (Å²) in [5, 5.41) is 0. The van der Waals surface area contributed by atoms with Crippen LogP contribution in [0.3, 0.4) is 0 Å². The molecule has 0 spiro atoms. The summed E-state index contributed by atoms with van der Waals surface area (Å²) >= 11 is 0. The molecule has 2 heterocycles. The first-order valence-corrected chi connectivity index (χ1v) is 9.22. The predicted molar refractivity (Wildman–Crippen MR) is 104 cm³/mol. The van der Waals surface area contributed by atoms with Crippen molar-refractivity contribution < 1.29 is 9.53 Å². The zero-order valence-electron chi connectivity index (χ0n) is 15.9. The Kier molecular flexibility index (Phi) is 4.30. The van der Waals surface area contributed by atoms with Gasteiger partial charge in [0.05, 0.1) is 12.5 Å². The minimum Gasteiger partial charge on any atom is -0.468 e. The third kappa shape index (κ3) is 2.83. The molecule has 1 fully saturated rings. The zero-order chi connectivity index (χ0) is 19.0. The highest BCUT2D eigenvalue weighted by Crippen LogP contribution is 2.45. The van der Waals surface area contributed by atoms with Crippen LogP contribution >= 0.6 is 0 Å². The Hall–Kier alpha value is -2.95. The summed E-state index contributed by atoms with van der Waals surface area (Å²) in [5.41, 5.74) is 4.77. The van der Waals surface area contributed by atoms with E-state index in [0.29, 0.717) is 5.95 Å². The third-order valence-corrected chi connectivity index (χ3v) is 5.66. The van der Waals surface area contributed by atoms with Gasteiger partial charge in [-0.2, -0.15) is 0 Å². The molecule has 0 aliphatic heterocycles. The lowest BCUT2D eigenvalue weighted by molar-refractivity contribution is -0.151. The van der Waals surface area contributed by atoms with Crippen molar-refractivity contribution in [3.63, 3.8) is 0 Å².